The number of thiazole rings is 1. The summed E-state index contributed by atoms with van der Waals surface area (Å²) in [5, 5.41) is 6.52. The van der Waals surface area contributed by atoms with Crippen molar-refractivity contribution in [2.75, 3.05) is 19.0 Å². The number of ether oxygens (including phenoxy) is 2. The Bertz CT molecular complexity index is 920. The molecule has 25 heavy (non-hydrogen) atoms. The number of nitrogens with one attached hydrogen (secondary N) is 1. The molecule has 2 aromatic carbocycles. The standard InChI is InChI=1S/C20H20N2O2S/c1-12-8-14(4-6-18(12)23-3)17-11-25-20(22-17)15-5-7-19-16(9-15)21-10-13(2)24-19/h4-9,11,13,21H,10H2,1-3H3. The summed E-state index contributed by atoms with van der Waals surface area (Å²) >= 11 is 1.65. The van der Waals surface area contributed by atoms with E-state index in [0.717, 1.165) is 51.1 Å². The summed E-state index contributed by atoms with van der Waals surface area (Å²) in [6.07, 6.45) is 0.197. The van der Waals surface area contributed by atoms with Crippen molar-refractivity contribution in [3.63, 3.8) is 0 Å². The zero-order valence-electron chi connectivity index (χ0n) is 14.5. The van der Waals surface area contributed by atoms with E-state index >= 15 is 0 Å². The van der Waals surface area contributed by atoms with Gasteiger partial charge in [0, 0.05) is 16.5 Å². The number of hydrogen-bond acceptors (Lipinski definition) is 5. The fourth-order valence-corrected chi connectivity index (χ4v) is 3.82. The van der Waals surface area contributed by atoms with E-state index in [1.807, 2.05) is 25.1 Å². The van der Waals surface area contributed by atoms with E-state index in [4.69, 9.17) is 14.5 Å². The largest absolute Gasteiger partial charge is 0.496 e. The first-order valence-corrected chi connectivity index (χ1v) is 9.17. The number of aromatic nitrogens is 1. The lowest BCUT2D eigenvalue weighted by Gasteiger charge is -2.25. The number of benzene rings is 2. The molecule has 128 valence electrons. The molecule has 4 rings (SSSR count). The second-order valence-electron chi connectivity index (χ2n) is 6.24. The van der Waals surface area contributed by atoms with E-state index in [1.54, 1.807) is 18.4 Å². The summed E-state index contributed by atoms with van der Waals surface area (Å²) in [4.78, 5) is 4.82. The molecule has 0 radical (unpaired) electrons. The third-order valence-electron chi connectivity index (χ3n) is 4.33. The van der Waals surface area contributed by atoms with Crippen molar-refractivity contribution in [2.24, 2.45) is 0 Å². The van der Waals surface area contributed by atoms with Gasteiger partial charge >= 0.3 is 0 Å². The van der Waals surface area contributed by atoms with Crippen molar-refractivity contribution in [3.8, 4) is 33.3 Å². The first-order valence-electron chi connectivity index (χ1n) is 8.29. The van der Waals surface area contributed by atoms with Gasteiger partial charge in [-0.05, 0) is 55.8 Å². The zero-order chi connectivity index (χ0) is 17.4. The van der Waals surface area contributed by atoms with Gasteiger partial charge in [-0.15, -0.1) is 11.3 Å². The van der Waals surface area contributed by atoms with E-state index in [2.05, 4.69) is 35.8 Å². The molecule has 0 bridgehead atoms. The lowest BCUT2D eigenvalue weighted by molar-refractivity contribution is 0.226. The van der Waals surface area contributed by atoms with Gasteiger partial charge in [-0.3, -0.25) is 0 Å². The molecule has 0 fully saturated rings. The molecule has 0 amide bonds. The van der Waals surface area contributed by atoms with Crippen molar-refractivity contribution >= 4 is 17.0 Å². The molecule has 5 heteroatoms. The normalized spacial score (nSPS) is 15.9. The molecule has 0 aliphatic carbocycles. The van der Waals surface area contributed by atoms with Crippen molar-refractivity contribution in [3.05, 3.63) is 47.3 Å². The molecule has 3 aromatic rings. The van der Waals surface area contributed by atoms with Crippen LogP contribution in [0.5, 0.6) is 11.5 Å². The van der Waals surface area contributed by atoms with Gasteiger partial charge in [0.25, 0.3) is 0 Å². The number of nitrogens with zero attached hydrogens (tertiary/aromatic N) is 1. The van der Waals surface area contributed by atoms with Gasteiger partial charge < -0.3 is 14.8 Å². The highest BCUT2D eigenvalue weighted by Gasteiger charge is 2.17. The monoisotopic (exact) mass is 352 g/mol. The predicted molar refractivity (Wildman–Crippen MR) is 103 cm³/mol. The predicted octanol–water partition coefficient (Wildman–Crippen LogP) is 4.99. The molecular formula is C20H20N2O2S. The Hall–Kier alpha value is -2.53. The third-order valence-corrected chi connectivity index (χ3v) is 5.22. The van der Waals surface area contributed by atoms with Crippen LogP contribution in [0.2, 0.25) is 0 Å². The quantitative estimate of drug-likeness (QED) is 0.721. The van der Waals surface area contributed by atoms with Crippen LogP contribution in [-0.4, -0.2) is 24.7 Å². The van der Waals surface area contributed by atoms with Gasteiger partial charge in [0.1, 0.15) is 22.6 Å². The molecule has 1 unspecified atom stereocenters. The maximum absolute atomic E-state index is 5.84. The zero-order valence-corrected chi connectivity index (χ0v) is 15.3. The van der Waals surface area contributed by atoms with Crippen LogP contribution in [0.3, 0.4) is 0 Å². The molecule has 1 aliphatic rings. The maximum Gasteiger partial charge on any atom is 0.142 e. The Morgan fingerprint density at radius 2 is 2.04 bits per heavy atom. The molecule has 1 atom stereocenters. The SMILES string of the molecule is COc1ccc(-c2csc(-c3ccc4c(c3)NCC(C)O4)n2)cc1C. The van der Waals surface area contributed by atoms with Crippen LogP contribution in [-0.2, 0) is 0 Å². The Kier molecular flexibility index (Phi) is 4.09. The minimum Gasteiger partial charge on any atom is -0.496 e. The Morgan fingerprint density at radius 3 is 2.84 bits per heavy atom. The molecule has 1 aliphatic heterocycles. The molecule has 0 spiro atoms. The summed E-state index contributed by atoms with van der Waals surface area (Å²) in [5.41, 5.74) is 5.34. The molecule has 1 N–H and O–H groups in total. The second kappa shape index (κ2) is 6.41. The fourth-order valence-electron chi connectivity index (χ4n) is 2.99. The van der Waals surface area contributed by atoms with Crippen LogP contribution in [0.1, 0.15) is 12.5 Å². The Balaban J connectivity index is 1.64. The smallest absolute Gasteiger partial charge is 0.142 e. The van der Waals surface area contributed by atoms with Crippen molar-refractivity contribution in [2.45, 2.75) is 20.0 Å². The van der Waals surface area contributed by atoms with Gasteiger partial charge in [-0.25, -0.2) is 4.98 Å². The maximum atomic E-state index is 5.84. The number of anilines is 1. The van der Waals surface area contributed by atoms with E-state index in [1.165, 1.54) is 0 Å². The van der Waals surface area contributed by atoms with Crippen LogP contribution in [0.4, 0.5) is 5.69 Å². The van der Waals surface area contributed by atoms with Crippen molar-refractivity contribution in [1.29, 1.82) is 0 Å². The minimum atomic E-state index is 0.197. The lowest BCUT2D eigenvalue weighted by Crippen LogP contribution is -2.27. The molecular weight excluding hydrogens is 332 g/mol. The van der Waals surface area contributed by atoms with E-state index in [0.29, 0.717) is 0 Å². The number of fused-ring (bicyclic) bond motifs is 1. The van der Waals surface area contributed by atoms with Gasteiger partial charge in [-0.1, -0.05) is 0 Å². The summed E-state index contributed by atoms with van der Waals surface area (Å²) in [5.74, 6) is 1.80. The fraction of sp³-hybridized carbons (Fsp3) is 0.250. The highest BCUT2D eigenvalue weighted by atomic mass is 32.1. The summed E-state index contributed by atoms with van der Waals surface area (Å²) in [6, 6.07) is 12.4. The van der Waals surface area contributed by atoms with E-state index in [-0.39, 0.29) is 6.10 Å². The summed E-state index contributed by atoms with van der Waals surface area (Å²) < 4.78 is 11.2. The lowest BCUT2D eigenvalue weighted by atomic mass is 10.1. The highest BCUT2D eigenvalue weighted by Crippen LogP contribution is 2.36. The summed E-state index contributed by atoms with van der Waals surface area (Å²) in [7, 11) is 1.69. The molecule has 0 saturated heterocycles. The van der Waals surface area contributed by atoms with Gasteiger partial charge in [0.15, 0.2) is 0 Å². The van der Waals surface area contributed by atoms with Crippen LogP contribution < -0.4 is 14.8 Å². The highest BCUT2D eigenvalue weighted by molar-refractivity contribution is 7.13. The van der Waals surface area contributed by atoms with Crippen LogP contribution >= 0.6 is 11.3 Å². The van der Waals surface area contributed by atoms with Gasteiger partial charge in [-0.2, -0.15) is 0 Å². The van der Waals surface area contributed by atoms with E-state index in [9.17, 15) is 0 Å². The summed E-state index contributed by atoms with van der Waals surface area (Å²) in [6.45, 7) is 4.93. The van der Waals surface area contributed by atoms with E-state index < -0.39 is 0 Å². The molecule has 0 saturated carbocycles. The van der Waals surface area contributed by atoms with Crippen LogP contribution in [0, 0.1) is 6.92 Å². The van der Waals surface area contributed by atoms with Crippen molar-refractivity contribution < 1.29 is 9.47 Å². The number of rotatable bonds is 3. The minimum absolute atomic E-state index is 0.197. The Morgan fingerprint density at radius 1 is 1.20 bits per heavy atom. The van der Waals surface area contributed by atoms with Crippen molar-refractivity contribution in [1.82, 2.24) is 4.98 Å². The second-order valence-corrected chi connectivity index (χ2v) is 7.10. The first kappa shape index (κ1) is 16.0. The number of methoxy groups -OCH3 is 1. The van der Waals surface area contributed by atoms with Gasteiger partial charge in [0.05, 0.1) is 25.0 Å². The molecule has 4 nitrogen and oxygen atoms in total. The molecule has 1 aromatic heterocycles. The Labute approximate surface area is 151 Å². The number of aryl methyl sites for hydroxylation is 1. The third kappa shape index (κ3) is 3.07. The van der Waals surface area contributed by atoms with Crippen LogP contribution in [0.15, 0.2) is 41.8 Å². The van der Waals surface area contributed by atoms with Gasteiger partial charge in [0.2, 0.25) is 0 Å². The average molecular weight is 352 g/mol. The first-order chi connectivity index (χ1) is 12.1. The molecule has 2 heterocycles. The average Bonchev–Trinajstić information content (AvgIpc) is 3.11. The van der Waals surface area contributed by atoms with Crippen LogP contribution in [0.25, 0.3) is 21.8 Å². The number of hydrogen-bond donors (Lipinski definition) is 1. The topological polar surface area (TPSA) is 43.4 Å².